The number of allylic oxidation sites excluding steroid dienone is 2. The van der Waals surface area contributed by atoms with Gasteiger partial charge in [0.15, 0.2) is 5.82 Å². The van der Waals surface area contributed by atoms with Crippen LogP contribution in [0.15, 0.2) is 103 Å². The normalized spacial score (nSPS) is 17.2. The third-order valence-corrected chi connectivity index (χ3v) is 10.0. The quantitative estimate of drug-likeness (QED) is 0.133. The average molecular weight is 675 g/mol. The highest BCUT2D eigenvalue weighted by Crippen LogP contribution is 2.51. The molecule has 1 unspecified atom stereocenters. The molecule has 5 aromatic rings. The lowest BCUT2D eigenvalue weighted by molar-refractivity contribution is -0.146. The SMILES string of the molecule is COC(=O)C1CCN(c2ncccc2NCc2[nH]c3cc(Cl)cc4c3c2C2=C(c3ccccc3)C=C=CN2C4c2ccc(Cl)cc2)CC1. The number of benzene rings is 3. The Balaban J connectivity index is 1.24. The minimum Gasteiger partial charge on any atom is -0.469 e. The van der Waals surface area contributed by atoms with Crippen molar-refractivity contribution in [3.8, 4) is 0 Å². The summed E-state index contributed by atoms with van der Waals surface area (Å²) in [6.45, 7) is 1.99. The summed E-state index contributed by atoms with van der Waals surface area (Å²) in [6, 6.07) is 26.5. The van der Waals surface area contributed by atoms with Crippen LogP contribution in [-0.2, 0) is 16.1 Å². The number of rotatable bonds is 7. The van der Waals surface area contributed by atoms with Crippen molar-refractivity contribution in [1.29, 1.82) is 0 Å². The number of carbonyl (C=O) groups excluding carboxylic acids is 1. The fourth-order valence-electron chi connectivity index (χ4n) is 7.37. The van der Waals surface area contributed by atoms with Gasteiger partial charge in [-0.05, 0) is 72.0 Å². The van der Waals surface area contributed by atoms with Gasteiger partial charge in [-0.25, -0.2) is 4.98 Å². The topological polar surface area (TPSA) is 73.5 Å². The van der Waals surface area contributed by atoms with Crippen LogP contribution in [0.3, 0.4) is 0 Å². The summed E-state index contributed by atoms with van der Waals surface area (Å²) < 4.78 is 5.00. The molecular weight excluding hydrogens is 641 g/mol. The highest BCUT2D eigenvalue weighted by Gasteiger charge is 2.37. The maximum Gasteiger partial charge on any atom is 0.308 e. The molecule has 1 saturated heterocycles. The van der Waals surface area contributed by atoms with Crippen molar-refractivity contribution >= 4 is 62.8 Å². The van der Waals surface area contributed by atoms with Crippen LogP contribution in [0.4, 0.5) is 11.5 Å². The Hall–Kier alpha value is -4.94. The van der Waals surface area contributed by atoms with Crippen molar-refractivity contribution in [3.63, 3.8) is 0 Å². The third-order valence-electron chi connectivity index (χ3n) is 9.58. The van der Waals surface area contributed by atoms with Crippen LogP contribution in [0.2, 0.25) is 10.0 Å². The van der Waals surface area contributed by atoms with Crippen molar-refractivity contribution in [2.24, 2.45) is 5.92 Å². The number of hydrogen-bond acceptors (Lipinski definition) is 6. The maximum atomic E-state index is 12.1. The Morgan fingerprint density at radius 2 is 1.81 bits per heavy atom. The molecule has 240 valence electrons. The monoisotopic (exact) mass is 673 g/mol. The van der Waals surface area contributed by atoms with Gasteiger partial charge in [-0.2, -0.15) is 0 Å². The first kappa shape index (κ1) is 30.4. The number of piperidine rings is 1. The number of esters is 1. The number of nitrogens with one attached hydrogen (secondary N) is 2. The lowest BCUT2D eigenvalue weighted by atomic mass is 9.84. The number of aromatic amines is 1. The van der Waals surface area contributed by atoms with E-state index in [0.717, 1.165) is 87.6 Å². The Kier molecular flexibility index (Phi) is 7.97. The molecule has 0 bridgehead atoms. The van der Waals surface area contributed by atoms with E-state index in [0.29, 0.717) is 16.6 Å². The molecule has 3 aromatic carbocycles. The number of nitrogens with zero attached hydrogens (tertiary/aromatic N) is 3. The molecule has 3 aliphatic heterocycles. The predicted molar refractivity (Wildman–Crippen MR) is 193 cm³/mol. The number of pyridine rings is 1. The lowest BCUT2D eigenvalue weighted by Gasteiger charge is -2.39. The highest BCUT2D eigenvalue weighted by atomic mass is 35.5. The smallest absolute Gasteiger partial charge is 0.308 e. The summed E-state index contributed by atoms with van der Waals surface area (Å²) in [6.07, 6.45) is 7.41. The summed E-state index contributed by atoms with van der Waals surface area (Å²) in [7, 11) is 1.46. The Morgan fingerprint density at radius 3 is 2.58 bits per heavy atom. The molecular formula is C39H33Cl2N5O2. The van der Waals surface area contributed by atoms with Crippen LogP contribution in [-0.4, -0.2) is 41.0 Å². The molecule has 9 heteroatoms. The van der Waals surface area contributed by atoms with E-state index in [1.807, 2.05) is 42.7 Å². The summed E-state index contributed by atoms with van der Waals surface area (Å²) >= 11 is 13.2. The van der Waals surface area contributed by atoms with Gasteiger partial charge >= 0.3 is 5.97 Å². The molecule has 48 heavy (non-hydrogen) atoms. The van der Waals surface area contributed by atoms with Gasteiger partial charge in [0, 0.05) is 63.3 Å². The maximum absolute atomic E-state index is 12.1. The molecule has 3 aliphatic rings. The van der Waals surface area contributed by atoms with E-state index in [2.05, 4.69) is 80.4 Å². The zero-order chi connectivity index (χ0) is 32.8. The molecule has 0 amide bonds. The first-order valence-corrected chi connectivity index (χ1v) is 16.9. The Labute approximate surface area is 289 Å². The van der Waals surface area contributed by atoms with Gasteiger partial charge < -0.3 is 24.8 Å². The second-order valence-electron chi connectivity index (χ2n) is 12.3. The Bertz CT molecular complexity index is 2130. The second-order valence-corrected chi connectivity index (χ2v) is 13.2. The first-order valence-electron chi connectivity index (χ1n) is 16.1. The first-order chi connectivity index (χ1) is 23.5. The fourth-order valence-corrected chi connectivity index (χ4v) is 7.72. The van der Waals surface area contributed by atoms with E-state index in [1.165, 1.54) is 7.11 Å². The molecule has 2 aromatic heterocycles. The molecule has 1 atom stereocenters. The molecule has 7 nitrogen and oxygen atoms in total. The molecule has 0 radical (unpaired) electrons. The van der Waals surface area contributed by atoms with Crippen LogP contribution in [0.1, 0.15) is 46.8 Å². The fraction of sp³-hybridized carbons (Fsp3) is 0.205. The number of carbonyl (C=O) groups is 1. The van der Waals surface area contributed by atoms with Gasteiger partial charge in [0.25, 0.3) is 0 Å². The number of methoxy groups -OCH3 is 1. The van der Waals surface area contributed by atoms with Gasteiger partial charge in [0.1, 0.15) is 0 Å². The molecule has 2 N–H and O–H groups in total. The molecule has 5 heterocycles. The van der Waals surface area contributed by atoms with Gasteiger partial charge in [-0.3, -0.25) is 4.79 Å². The largest absolute Gasteiger partial charge is 0.469 e. The van der Waals surface area contributed by atoms with Crippen LogP contribution >= 0.6 is 23.2 Å². The number of fused-ring (bicyclic) bond motifs is 2. The number of ether oxygens (including phenoxy) is 1. The van der Waals surface area contributed by atoms with Crippen LogP contribution in [0, 0.1) is 5.92 Å². The summed E-state index contributed by atoms with van der Waals surface area (Å²) in [5.41, 5.74) is 13.1. The predicted octanol–water partition coefficient (Wildman–Crippen LogP) is 8.83. The number of anilines is 2. The molecule has 0 spiro atoms. The van der Waals surface area contributed by atoms with E-state index in [4.69, 9.17) is 32.9 Å². The Morgan fingerprint density at radius 1 is 1.02 bits per heavy atom. The minimum atomic E-state index is -0.139. The highest BCUT2D eigenvalue weighted by molar-refractivity contribution is 6.31. The summed E-state index contributed by atoms with van der Waals surface area (Å²) in [5.74, 6) is 0.675. The summed E-state index contributed by atoms with van der Waals surface area (Å²) in [5, 5.41) is 6.22. The van der Waals surface area contributed by atoms with Crippen molar-refractivity contribution in [3.05, 3.63) is 141 Å². The molecule has 0 saturated carbocycles. The van der Waals surface area contributed by atoms with E-state index in [9.17, 15) is 4.79 Å². The number of halogens is 2. The van der Waals surface area contributed by atoms with Crippen LogP contribution < -0.4 is 10.2 Å². The van der Waals surface area contributed by atoms with E-state index < -0.39 is 0 Å². The summed E-state index contributed by atoms with van der Waals surface area (Å²) in [4.78, 5) is 25.2. The van der Waals surface area contributed by atoms with Crippen molar-refractivity contribution in [1.82, 2.24) is 14.9 Å². The van der Waals surface area contributed by atoms with Crippen molar-refractivity contribution in [2.45, 2.75) is 25.4 Å². The van der Waals surface area contributed by atoms with Crippen molar-refractivity contribution < 1.29 is 9.53 Å². The van der Waals surface area contributed by atoms with Gasteiger partial charge in [0.05, 0.1) is 37.0 Å². The minimum absolute atomic E-state index is 0.0721. The lowest BCUT2D eigenvalue weighted by Crippen LogP contribution is -2.37. The van der Waals surface area contributed by atoms with Gasteiger partial charge in [-0.1, -0.05) is 65.7 Å². The zero-order valence-electron chi connectivity index (χ0n) is 26.3. The molecule has 8 rings (SSSR count). The number of aromatic nitrogens is 2. The average Bonchev–Trinajstić information content (AvgIpc) is 3.49. The van der Waals surface area contributed by atoms with Crippen molar-refractivity contribution in [2.75, 3.05) is 30.4 Å². The van der Waals surface area contributed by atoms with E-state index in [-0.39, 0.29) is 17.9 Å². The zero-order valence-corrected chi connectivity index (χ0v) is 27.9. The standard InChI is InChI=1S/C39H33Cl2N5O2/c1-48-39(47)26-15-19-45(20-16-26)38-31(10-5-17-42-38)43-23-33-35-34-30(21-28(41)22-32(34)44-33)36(25-11-13-27(40)14-12-25)46-18-6-9-29(37(35)46)24-7-3-2-4-8-24/h2-5,7-14,17-18,21-22,26,36,43-44H,15-16,19-20,23H2,1H3. The van der Waals surface area contributed by atoms with E-state index >= 15 is 0 Å². The van der Waals surface area contributed by atoms with Crippen LogP contribution in [0.25, 0.3) is 22.2 Å². The van der Waals surface area contributed by atoms with Gasteiger partial charge in [-0.15, -0.1) is 5.73 Å². The number of H-pyrrole nitrogens is 1. The van der Waals surface area contributed by atoms with Crippen LogP contribution in [0.5, 0.6) is 0 Å². The molecule has 0 aliphatic carbocycles. The molecule has 1 fully saturated rings. The second kappa shape index (κ2) is 12.6. The third kappa shape index (κ3) is 5.34. The van der Waals surface area contributed by atoms with E-state index in [1.54, 1.807) is 0 Å². The number of hydrogen-bond donors (Lipinski definition) is 2. The van der Waals surface area contributed by atoms with Gasteiger partial charge in [0.2, 0.25) is 0 Å².